The predicted molar refractivity (Wildman–Crippen MR) is 111 cm³/mol. The number of aryl methyl sites for hydroxylation is 1. The molecule has 4 nitrogen and oxygen atoms in total. The normalized spacial score (nSPS) is 15.6. The van der Waals surface area contributed by atoms with Gasteiger partial charge in [0.15, 0.2) is 5.11 Å². The highest BCUT2D eigenvalue weighted by atomic mass is 32.1. The predicted octanol–water partition coefficient (Wildman–Crippen LogP) is 2.72. The Labute approximate surface area is 159 Å². The fourth-order valence-electron chi connectivity index (χ4n) is 3.21. The van der Waals surface area contributed by atoms with E-state index >= 15 is 0 Å². The molecule has 1 saturated heterocycles. The van der Waals surface area contributed by atoms with Crippen molar-refractivity contribution in [3.63, 3.8) is 0 Å². The number of piperazine rings is 1. The molecule has 25 heavy (non-hydrogen) atoms. The first-order valence-corrected chi connectivity index (χ1v) is 10.1. The summed E-state index contributed by atoms with van der Waals surface area (Å²) in [4.78, 5) is 7.29. The first-order valence-electron chi connectivity index (χ1n) is 9.65. The molecule has 0 atom stereocenters. The molecular weight excluding hydrogens is 328 g/mol. The van der Waals surface area contributed by atoms with Crippen LogP contribution >= 0.6 is 12.2 Å². The van der Waals surface area contributed by atoms with E-state index in [1.165, 1.54) is 11.1 Å². The van der Waals surface area contributed by atoms with Gasteiger partial charge in [-0.1, -0.05) is 43.7 Å². The summed E-state index contributed by atoms with van der Waals surface area (Å²) in [6.07, 6.45) is 1.15. The van der Waals surface area contributed by atoms with Gasteiger partial charge in [-0.05, 0) is 50.8 Å². The third-order valence-electron chi connectivity index (χ3n) is 5.01. The summed E-state index contributed by atoms with van der Waals surface area (Å²) in [5.41, 5.74) is 2.72. The molecule has 1 aromatic rings. The Balaban J connectivity index is 1.63. The molecule has 1 fully saturated rings. The van der Waals surface area contributed by atoms with E-state index in [0.717, 1.165) is 70.4 Å². The number of nitrogens with one attached hydrogen (secondary N) is 1. The molecule has 0 unspecified atom stereocenters. The highest BCUT2D eigenvalue weighted by molar-refractivity contribution is 7.80. The van der Waals surface area contributed by atoms with Crippen LogP contribution in [-0.4, -0.2) is 72.2 Å². The average molecular weight is 363 g/mol. The van der Waals surface area contributed by atoms with Crippen LogP contribution in [0, 0.1) is 6.92 Å². The minimum Gasteiger partial charge on any atom is -0.363 e. The summed E-state index contributed by atoms with van der Waals surface area (Å²) in [6, 6.07) is 8.87. The van der Waals surface area contributed by atoms with Crippen molar-refractivity contribution in [3.8, 4) is 0 Å². The van der Waals surface area contributed by atoms with Gasteiger partial charge in [0, 0.05) is 39.3 Å². The van der Waals surface area contributed by atoms with E-state index in [9.17, 15) is 0 Å². The highest BCUT2D eigenvalue weighted by Crippen LogP contribution is 2.10. The zero-order chi connectivity index (χ0) is 18.1. The van der Waals surface area contributed by atoms with Crippen LogP contribution < -0.4 is 5.32 Å². The minimum atomic E-state index is 0.925. The van der Waals surface area contributed by atoms with E-state index in [-0.39, 0.29) is 0 Å². The lowest BCUT2D eigenvalue weighted by Gasteiger charge is -2.36. The van der Waals surface area contributed by atoms with Gasteiger partial charge in [0.2, 0.25) is 0 Å². The van der Waals surface area contributed by atoms with Crippen molar-refractivity contribution in [2.24, 2.45) is 0 Å². The average Bonchev–Trinajstić information content (AvgIpc) is 2.64. The van der Waals surface area contributed by atoms with E-state index in [0.29, 0.717) is 0 Å². The summed E-state index contributed by atoms with van der Waals surface area (Å²) in [7, 11) is 0. The number of thiocarbonyl (C=S) groups is 1. The Bertz CT molecular complexity index is 505. The second-order valence-corrected chi connectivity index (χ2v) is 7.25. The van der Waals surface area contributed by atoms with Gasteiger partial charge in [0.05, 0.1) is 0 Å². The summed E-state index contributed by atoms with van der Waals surface area (Å²) < 4.78 is 0. The van der Waals surface area contributed by atoms with Crippen molar-refractivity contribution in [1.29, 1.82) is 0 Å². The molecule has 1 aliphatic heterocycles. The van der Waals surface area contributed by atoms with Gasteiger partial charge >= 0.3 is 0 Å². The molecular formula is C20H34N4S. The SMILES string of the molecule is CCN(CC)CCCNC(=S)N1CCN(Cc2ccc(C)cc2)CC1. The highest BCUT2D eigenvalue weighted by Gasteiger charge is 2.18. The Kier molecular flexibility index (Phi) is 8.65. The van der Waals surface area contributed by atoms with Crippen LogP contribution in [0.3, 0.4) is 0 Å². The molecule has 5 heteroatoms. The lowest BCUT2D eigenvalue weighted by Crippen LogP contribution is -2.51. The van der Waals surface area contributed by atoms with Crippen molar-refractivity contribution in [2.45, 2.75) is 33.7 Å². The van der Waals surface area contributed by atoms with E-state index in [2.05, 4.69) is 65.1 Å². The molecule has 2 rings (SSSR count). The van der Waals surface area contributed by atoms with Crippen LogP contribution in [0.15, 0.2) is 24.3 Å². The van der Waals surface area contributed by atoms with E-state index < -0.39 is 0 Å². The van der Waals surface area contributed by atoms with E-state index in [1.54, 1.807) is 0 Å². The van der Waals surface area contributed by atoms with Gasteiger partial charge in [-0.15, -0.1) is 0 Å². The maximum atomic E-state index is 5.58. The minimum absolute atomic E-state index is 0.925. The third kappa shape index (κ3) is 6.92. The summed E-state index contributed by atoms with van der Waals surface area (Å²) in [5, 5.41) is 4.36. The smallest absolute Gasteiger partial charge is 0.169 e. The number of hydrogen-bond donors (Lipinski definition) is 1. The van der Waals surface area contributed by atoms with E-state index in [1.807, 2.05) is 0 Å². The molecule has 1 N–H and O–H groups in total. The monoisotopic (exact) mass is 362 g/mol. The van der Waals surface area contributed by atoms with Crippen LogP contribution in [0.1, 0.15) is 31.4 Å². The van der Waals surface area contributed by atoms with E-state index in [4.69, 9.17) is 12.2 Å². The third-order valence-corrected chi connectivity index (χ3v) is 5.41. The standard InChI is InChI=1S/C20H34N4S/c1-4-22(5-2)12-6-11-21-20(25)24-15-13-23(14-16-24)17-19-9-7-18(3)8-10-19/h7-10H,4-6,11-17H2,1-3H3,(H,21,25). The maximum Gasteiger partial charge on any atom is 0.169 e. The van der Waals surface area contributed by atoms with Crippen molar-refractivity contribution in [2.75, 3.05) is 52.4 Å². The Morgan fingerprint density at radius 1 is 1.08 bits per heavy atom. The van der Waals surface area contributed by atoms with Crippen LogP contribution in [0.25, 0.3) is 0 Å². The lowest BCUT2D eigenvalue weighted by molar-refractivity contribution is 0.174. The second kappa shape index (κ2) is 10.7. The molecule has 0 amide bonds. The maximum absolute atomic E-state index is 5.58. The molecule has 0 aromatic heterocycles. The first kappa shape index (κ1) is 20.1. The van der Waals surface area contributed by atoms with Gasteiger partial charge in [0.25, 0.3) is 0 Å². The fraction of sp³-hybridized carbons (Fsp3) is 0.650. The molecule has 0 spiro atoms. The van der Waals surface area contributed by atoms with Crippen molar-refractivity contribution in [3.05, 3.63) is 35.4 Å². The zero-order valence-electron chi connectivity index (χ0n) is 16.1. The summed E-state index contributed by atoms with van der Waals surface area (Å²) in [6.45, 7) is 16.2. The number of benzene rings is 1. The van der Waals surface area contributed by atoms with Crippen molar-refractivity contribution in [1.82, 2.24) is 20.0 Å². The van der Waals surface area contributed by atoms with Gasteiger partial charge < -0.3 is 15.1 Å². The first-order chi connectivity index (χ1) is 12.1. The largest absolute Gasteiger partial charge is 0.363 e. The van der Waals surface area contributed by atoms with Crippen molar-refractivity contribution < 1.29 is 0 Å². The lowest BCUT2D eigenvalue weighted by atomic mass is 10.1. The van der Waals surface area contributed by atoms with Crippen LogP contribution in [-0.2, 0) is 6.54 Å². The number of nitrogens with zero attached hydrogens (tertiary/aromatic N) is 3. The van der Waals surface area contributed by atoms with Gasteiger partial charge in [-0.3, -0.25) is 4.90 Å². The Hall–Kier alpha value is -1.17. The second-order valence-electron chi connectivity index (χ2n) is 6.86. The van der Waals surface area contributed by atoms with Gasteiger partial charge in [0.1, 0.15) is 0 Å². The Morgan fingerprint density at radius 2 is 1.72 bits per heavy atom. The quantitative estimate of drug-likeness (QED) is 0.565. The van der Waals surface area contributed by atoms with Crippen LogP contribution in [0.2, 0.25) is 0 Å². The van der Waals surface area contributed by atoms with Crippen LogP contribution in [0.5, 0.6) is 0 Å². The zero-order valence-corrected chi connectivity index (χ0v) is 16.9. The molecule has 1 heterocycles. The fourth-order valence-corrected chi connectivity index (χ4v) is 3.50. The molecule has 0 aliphatic carbocycles. The summed E-state index contributed by atoms with van der Waals surface area (Å²) in [5.74, 6) is 0. The molecule has 1 aromatic carbocycles. The number of hydrogen-bond acceptors (Lipinski definition) is 3. The molecule has 0 saturated carbocycles. The molecule has 0 bridgehead atoms. The molecule has 0 radical (unpaired) electrons. The Morgan fingerprint density at radius 3 is 2.32 bits per heavy atom. The number of rotatable bonds is 8. The topological polar surface area (TPSA) is 21.8 Å². The van der Waals surface area contributed by atoms with Gasteiger partial charge in [-0.25, -0.2) is 0 Å². The molecule has 1 aliphatic rings. The van der Waals surface area contributed by atoms with Gasteiger partial charge in [-0.2, -0.15) is 0 Å². The van der Waals surface area contributed by atoms with Crippen LogP contribution in [0.4, 0.5) is 0 Å². The van der Waals surface area contributed by atoms with Crippen molar-refractivity contribution >= 4 is 17.3 Å². The summed E-state index contributed by atoms with van der Waals surface area (Å²) >= 11 is 5.58. The molecule has 140 valence electrons.